The molecule has 3 amide bonds. The van der Waals surface area contributed by atoms with E-state index < -0.39 is 60.2 Å². The Morgan fingerprint density at radius 1 is 0.816 bits per heavy atom. The lowest BCUT2D eigenvalue weighted by molar-refractivity contribution is -0.142. The molecule has 0 aliphatic carbocycles. The Kier molecular flexibility index (Phi) is 11.9. The second-order valence-corrected chi connectivity index (χ2v) is 8.57. The van der Waals surface area contributed by atoms with Crippen LogP contribution in [0.1, 0.15) is 37.1 Å². The van der Waals surface area contributed by atoms with E-state index >= 15 is 0 Å². The van der Waals surface area contributed by atoms with Crippen molar-refractivity contribution in [3.8, 4) is 0 Å². The first-order valence-electron chi connectivity index (χ1n) is 11.9. The van der Waals surface area contributed by atoms with Crippen molar-refractivity contribution in [3.63, 3.8) is 0 Å². The Labute approximate surface area is 217 Å². The van der Waals surface area contributed by atoms with Crippen LogP contribution in [0.2, 0.25) is 0 Å². The number of carbonyl (C=O) groups excluding carboxylic acids is 3. The molecule has 2 aromatic heterocycles. The topological polar surface area (TPSA) is 271 Å². The van der Waals surface area contributed by atoms with Gasteiger partial charge < -0.3 is 47.6 Å². The Hall–Kier alpha value is -4.31. The number of aromatic nitrogens is 4. The highest BCUT2D eigenvalue weighted by Crippen LogP contribution is 2.07. The summed E-state index contributed by atoms with van der Waals surface area (Å²) >= 11 is 0. The number of nitrogens with two attached hydrogens (primary N) is 2. The van der Waals surface area contributed by atoms with Crippen LogP contribution in [0.25, 0.3) is 0 Å². The van der Waals surface area contributed by atoms with E-state index in [-0.39, 0.29) is 19.3 Å². The molecule has 4 atom stereocenters. The average molecular weight is 536 g/mol. The molecule has 0 saturated heterocycles. The molecule has 16 nitrogen and oxygen atoms in total. The number of hydrogen-bond donors (Lipinski definition) is 9. The number of carboxylic acids is 2. The third-order valence-corrected chi connectivity index (χ3v) is 5.52. The van der Waals surface area contributed by atoms with Gasteiger partial charge in [0.2, 0.25) is 17.7 Å². The van der Waals surface area contributed by atoms with Crippen LogP contribution < -0.4 is 27.4 Å². The van der Waals surface area contributed by atoms with Crippen molar-refractivity contribution in [2.45, 2.75) is 62.7 Å². The van der Waals surface area contributed by atoms with E-state index in [1.54, 1.807) is 0 Å². The van der Waals surface area contributed by atoms with Crippen molar-refractivity contribution >= 4 is 29.7 Å². The molecule has 0 radical (unpaired) electrons. The molecule has 0 aromatic carbocycles. The van der Waals surface area contributed by atoms with Gasteiger partial charge in [0.15, 0.2) is 0 Å². The summed E-state index contributed by atoms with van der Waals surface area (Å²) in [6.45, 7) is 0.346. The van der Waals surface area contributed by atoms with Gasteiger partial charge >= 0.3 is 11.9 Å². The molecule has 0 bridgehead atoms. The van der Waals surface area contributed by atoms with Gasteiger partial charge in [0.25, 0.3) is 0 Å². The number of nitrogens with zero attached hydrogens (tertiary/aromatic N) is 2. The van der Waals surface area contributed by atoms with Crippen molar-refractivity contribution < 1.29 is 34.2 Å². The lowest BCUT2D eigenvalue weighted by Crippen LogP contribution is -2.58. The quantitative estimate of drug-likeness (QED) is 0.0946. The number of H-pyrrole nitrogens is 2. The van der Waals surface area contributed by atoms with Crippen LogP contribution in [0.3, 0.4) is 0 Å². The van der Waals surface area contributed by atoms with E-state index in [0.29, 0.717) is 30.8 Å². The number of aromatic amines is 2. The first-order valence-corrected chi connectivity index (χ1v) is 11.9. The SMILES string of the molecule is NCCCCC(NC(=O)C(N)CC(=O)O)C(=O)NC(Cc1cnc[nH]1)C(=O)NC(Cc1cnc[nH]1)C(=O)O. The van der Waals surface area contributed by atoms with Crippen LogP contribution in [0.15, 0.2) is 25.0 Å². The lowest BCUT2D eigenvalue weighted by Gasteiger charge is -2.25. The highest BCUT2D eigenvalue weighted by atomic mass is 16.4. The van der Waals surface area contributed by atoms with Crippen LogP contribution in [0.5, 0.6) is 0 Å². The molecular formula is C22H33N9O7. The minimum Gasteiger partial charge on any atom is -0.481 e. The zero-order valence-electron chi connectivity index (χ0n) is 20.6. The van der Waals surface area contributed by atoms with E-state index in [9.17, 15) is 29.1 Å². The molecule has 0 aliphatic rings. The summed E-state index contributed by atoms with van der Waals surface area (Å²) in [6, 6.07) is -5.10. The van der Waals surface area contributed by atoms with Gasteiger partial charge in [-0.2, -0.15) is 0 Å². The van der Waals surface area contributed by atoms with Gasteiger partial charge in [-0.05, 0) is 25.8 Å². The fraction of sp³-hybridized carbons (Fsp3) is 0.500. The van der Waals surface area contributed by atoms with Crippen molar-refractivity contribution in [1.82, 2.24) is 35.9 Å². The smallest absolute Gasteiger partial charge is 0.326 e. The predicted molar refractivity (Wildman–Crippen MR) is 131 cm³/mol. The zero-order chi connectivity index (χ0) is 28.1. The van der Waals surface area contributed by atoms with Gasteiger partial charge in [0.05, 0.1) is 25.1 Å². The third-order valence-electron chi connectivity index (χ3n) is 5.52. The second kappa shape index (κ2) is 15.1. The number of carboxylic acid groups (broad SMARTS) is 2. The first-order chi connectivity index (χ1) is 18.1. The fourth-order valence-corrected chi connectivity index (χ4v) is 3.51. The molecule has 2 rings (SSSR count). The Balaban J connectivity index is 2.18. The molecule has 4 unspecified atom stereocenters. The maximum absolute atomic E-state index is 13.2. The number of aliphatic carboxylic acids is 2. The highest BCUT2D eigenvalue weighted by molar-refractivity contribution is 5.94. The summed E-state index contributed by atoms with van der Waals surface area (Å²) in [5.74, 6) is -4.94. The van der Waals surface area contributed by atoms with Gasteiger partial charge in [0.1, 0.15) is 18.1 Å². The highest BCUT2D eigenvalue weighted by Gasteiger charge is 2.31. The minimum atomic E-state index is -1.39. The third kappa shape index (κ3) is 9.98. The summed E-state index contributed by atoms with van der Waals surface area (Å²) < 4.78 is 0. The van der Waals surface area contributed by atoms with Gasteiger partial charge in [0, 0.05) is 36.6 Å². The van der Waals surface area contributed by atoms with Crippen LogP contribution in [-0.2, 0) is 36.8 Å². The number of hydrogen-bond acceptors (Lipinski definition) is 9. The Morgan fingerprint density at radius 3 is 1.84 bits per heavy atom. The summed E-state index contributed by atoms with van der Waals surface area (Å²) in [5.41, 5.74) is 12.1. The molecule has 2 aromatic rings. The maximum atomic E-state index is 13.2. The number of imidazole rings is 2. The zero-order valence-corrected chi connectivity index (χ0v) is 20.6. The molecule has 0 fully saturated rings. The van der Waals surface area contributed by atoms with Crippen LogP contribution in [0, 0.1) is 0 Å². The molecule has 16 heteroatoms. The molecule has 2 heterocycles. The summed E-state index contributed by atoms with van der Waals surface area (Å²) in [7, 11) is 0. The number of unbranched alkanes of at least 4 members (excludes halogenated alkanes) is 1. The van der Waals surface area contributed by atoms with E-state index in [4.69, 9.17) is 16.6 Å². The molecule has 0 saturated carbocycles. The molecule has 11 N–H and O–H groups in total. The van der Waals surface area contributed by atoms with Crippen molar-refractivity contribution in [3.05, 3.63) is 36.4 Å². The van der Waals surface area contributed by atoms with Gasteiger partial charge in [-0.25, -0.2) is 14.8 Å². The molecule has 0 spiro atoms. The molecule has 38 heavy (non-hydrogen) atoms. The Morgan fingerprint density at radius 2 is 1.34 bits per heavy atom. The normalized spacial score (nSPS) is 14.1. The Bertz CT molecular complexity index is 1060. The fourth-order valence-electron chi connectivity index (χ4n) is 3.51. The second-order valence-electron chi connectivity index (χ2n) is 8.57. The molecular weight excluding hydrogens is 502 g/mol. The average Bonchev–Trinajstić information content (AvgIpc) is 3.56. The predicted octanol–water partition coefficient (Wildman–Crippen LogP) is -2.61. The van der Waals surface area contributed by atoms with Crippen molar-refractivity contribution in [1.29, 1.82) is 0 Å². The number of carbonyl (C=O) groups is 5. The first kappa shape index (κ1) is 29.9. The van der Waals surface area contributed by atoms with Gasteiger partial charge in [-0.15, -0.1) is 0 Å². The number of amides is 3. The van der Waals surface area contributed by atoms with E-state index in [0.717, 1.165) is 0 Å². The van der Waals surface area contributed by atoms with Crippen molar-refractivity contribution in [2.75, 3.05) is 6.54 Å². The molecule has 208 valence electrons. The summed E-state index contributed by atoms with van der Waals surface area (Å²) in [4.78, 5) is 74.7. The maximum Gasteiger partial charge on any atom is 0.326 e. The largest absolute Gasteiger partial charge is 0.481 e. The van der Waals surface area contributed by atoms with E-state index in [1.807, 2.05) is 0 Å². The van der Waals surface area contributed by atoms with Gasteiger partial charge in [-0.3, -0.25) is 19.2 Å². The van der Waals surface area contributed by atoms with Crippen LogP contribution >= 0.6 is 0 Å². The van der Waals surface area contributed by atoms with E-state index in [1.165, 1.54) is 25.0 Å². The standard InChI is InChI=1S/C22H33N9O7/c23-4-2-1-3-15(29-19(34)14(24)7-18(32)33)20(35)30-16(5-12-8-25-10-27-12)21(36)31-17(22(37)38)6-13-9-26-11-28-13/h8-11,14-17H,1-7,23-24H2,(H,25,27)(H,26,28)(H,29,34)(H,30,35)(H,31,36)(H,32,33)(H,37,38). The van der Waals surface area contributed by atoms with Crippen molar-refractivity contribution in [2.24, 2.45) is 11.5 Å². The lowest BCUT2D eigenvalue weighted by atomic mass is 10.0. The van der Waals surface area contributed by atoms with Gasteiger partial charge in [-0.1, -0.05) is 0 Å². The molecule has 0 aliphatic heterocycles. The van der Waals surface area contributed by atoms with Crippen LogP contribution in [0.4, 0.5) is 0 Å². The number of rotatable bonds is 17. The minimum absolute atomic E-state index is 0.0596. The summed E-state index contributed by atoms with van der Waals surface area (Å²) in [5, 5.41) is 25.9. The monoisotopic (exact) mass is 535 g/mol. The summed E-state index contributed by atoms with van der Waals surface area (Å²) in [6.07, 6.45) is 5.99. The number of nitrogens with one attached hydrogen (secondary N) is 5. The van der Waals surface area contributed by atoms with E-state index in [2.05, 4.69) is 35.9 Å². The van der Waals surface area contributed by atoms with Crippen LogP contribution in [-0.4, -0.2) is 90.5 Å².